The number of nitrogens with one attached hydrogen (secondary N) is 1. The molecule has 0 bridgehead atoms. The highest BCUT2D eigenvalue weighted by Crippen LogP contribution is 2.21. The second-order valence-electron chi connectivity index (χ2n) is 4.07. The molecule has 0 radical (unpaired) electrons. The molecule has 0 saturated carbocycles. The molecule has 0 aromatic heterocycles. The molecule has 1 aliphatic heterocycles. The number of aliphatic imine (C=N–C) groups is 1. The van der Waals surface area contributed by atoms with Gasteiger partial charge in [0, 0.05) is 18.7 Å². The molecule has 1 aliphatic rings. The van der Waals surface area contributed by atoms with Gasteiger partial charge in [-0.3, -0.25) is 4.99 Å². The van der Waals surface area contributed by atoms with Crippen LogP contribution in [0.4, 0.5) is 5.69 Å². The van der Waals surface area contributed by atoms with Crippen molar-refractivity contribution < 1.29 is 0 Å². The summed E-state index contributed by atoms with van der Waals surface area (Å²) in [5.41, 5.74) is 1.40. The molecule has 88 valence electrons. The van der Waals surface area contributed by atoms with E-state index in [0.29, 0.717) is 10.6 Å². The fraction of sp³-hybridized carbons (Fsp3) is 0.385. The fourth-order valence-electron chi connectivity index (χ4n) is 1.83. The molecule has 4 heteroatoms. The first-order valence-electron chi connectivity index (χ1n) is 5.79. The van der Waals surface area contributed by atoms with Crippen LogP contribution in [0.5, 0.6) is 0 Å². The summed E-state index contributed by atoms with van der Waals surface area (Å²) in [5, 5.41) is 12.5. The summed E-state index contributed by atoms with van der Waals surface area (Å²) in [6.45, 7) is 0.895. The second kappa shape index (κ2) is 5.70. The van der Waals surface area contributed by atoms with E-state index in [4.69, 9.17) is 16.9 Å². The molecule has 1 heterocycles. The predicted molar refractivity (Wildman–Crippen MR) is 70.6 cm³/mol. The van der Waals surface area contributed by atoms with E-state index in [1.165, 1.54) is 19.3 Å². The van der Waals surface area contributed by atoms with E-state index in [9.17, 15) is 0 Å². The zero-order valence-electron chi connectivity index (χ0n) is 9.54. The molecule has 0 saturated heterocycles. The van der Waals surface area contributed by atoms with Crippen LogP contribution in [0, 0.1) is 11.3 Å². The largest absolute Gasteiger partial charge is 0.344 e. The van der Waals surface area contributed by atoms with E-state index in [1.54, 1.807) is 12.1 Å². The normalized spacial score (nSPS) is 15.6. The van der Waals surface area contributed by atoms with Gasteiger partial charge in [0.25, 0.3) is 0 Å². The Bertz CT molecular complexity index is 474. The summed E-state index contributed by atoms with van der Waals surface area (Å²) < 4.78 is 0. The highest BCUT2D eigenvalue weighted by Gasteiger charge is 2.06. The van der Waals surface area contributed by atoms with Crippen molar-refractivity contribution >= 4 is 23.1 Å². The average molecular weight is 248 g/mol. The molecule has 0 fully saturated rings. The lowest BCUT2D eigenvalue weighted by molar-refractivity contribution is 0.731. The third-order valence-electron chi connectivity index (χ3n) is 2.75. The third kappa shape index (κ3) is 3.21. The second-order valence-corrected chi connectivity index (χ2v) is 4.48. The molecule has 3 nitrogen and oxygen atoms in total. The average Bonchev–Trinajstić information content (AvgIpc) is 2.58. The lowest BCUT2D eigenvalue weighted by Crippen LogP contribution is -2.11. The Hall–Kier alpha value is -1.53. The van der Waals surface area contributed by atoms with Gasteiger partial charge < -0.3 is 5.32 Å². The summed E-state index contributed by atoms with van der Waals surface area (Å²) >= 11 is 5.98. The van der Waals surface area contributed by atoms with Crippen molar-refractivity contribution in [3.05, 3.63) is 28.8 Å². The molecule has 1 aromatic rings. The number of hydrogen-bond donors (Lipinski definition) is 1. The number of nitrogens with zero attached hydrogens (tertiary/aromatic N) is 2. The maximum atomic E-state index is 8.79. The van der Waals surface area contributed by atoms with Gasteiger partial charge in [-0.1, -0.05) is 18.0 Å². The first kappa shape index (κ1) is 11.9. The topological polar surface area (TPSA) is 48.2 Å². The van der Waals surface area contributed by atoms with Gasteiger partial charge in [0.15, 0.2) is 0 Å². The molecule has 0 unspecified atom stereocenters. The summed E-state index contributed by atoms with van der Waals surface area (Å²) in [6, 6.07) is 7.40. The molecular weight excluding hydrogens is 234 g/mol. The highest BCUT2D eigenvalue weighted by atomic mass is 35.5. The van der Waals surface area contributed by atoms with Crippen LogP contribution < -0.4 is 5.32 Å². The van der Waals surface area contributed by atoms with Crippen LogP contribution in [0.25, 0.3) is 0 Å². The van der Waals surface area contributed by atoms with Crippen molar-refractivity contribution in [2.75, 3.05) is 11.9 Å². The SMILES string of the molecule is N#Cc1ccc(NC2=NCCCCC2)cc1Cl. The summed E-state index contributed by atoms with van der Waals surface area (Å²) in [5.74, 6) is 1.02. The number of hydrogen-bond acceptors (Lipinski definition) is 3. The molecule has 1 aromatic carbocycles. The lowest BCUT2D eigenvalue weighted by atomic mass is 10.2. The van der Waals surface area contributed by atoms with Crippen molar-refractivity contribution in [1.82, 2.24) is 0 Å². The fourth-order valence-corrected chi connectivity index (χ4v) is 2.05. The Morgan fingerprint density at radius 1 is 1.29 bits per heavy atom. The molecule has 17 heavy (non-hydrogen) atoms. The molecular formula is C13H14ClN3. The van der Waals surface area contributed by atoms with Gasteiger partial charge in [0.05, 0.1) is 10.6 Å². The summed E-state index contributed by atoms with van der Waals surface area (Å²) in [4.78, 5) is 4.49. The predicted octanol–water partition coefficient (Wildman–Crippen LogP) is 3.60. The molecule has 0 spiro atoms. The quantitative estimate of drug-likeness (QED) is 0.824. The minimum atomic E-state index is 0.478. The van der Waals surface area contributed by atoms with Crippen molar-refractivity contribution in [2.45, 2.75) is 25.7 Å². The third-order valence-corrected chi connectivity index (χ3v) is 3.07. The molecule has 2 rings (SSSR count). The Morgan fingerprint density at radius 3 is 2.94 bits per heavy atom. The van der Waals surface area contributed by atoms with Gasteiger partial charge in [-0.2, -0.15) is 5.26 Å². The van der Waals surface area contributed by atoms with Crippen LogP contribution in [-0.4, -0.2) is 12.4 Å². The molecule has 0 aliphatic carbocycles. The van der Waals surface area contributed by atoms with Crippen LogP contribution in [0.2, 0.25) is 5.02 Å². The van der Waals surface area contributed by atoms with Gasteiger partial charge in [0.2, 0.25) is 0 Å². The Morgan fingerprint density at radius 2 is 2.18 bits per heavy atom. The van der Waals surface area contributed by atoms with Crippen LogP contribution in [0.15, 0.2) is 23.2 Å². The first-order valence-corrected chi connectivity index (χ1v) is 6.17. The van der Waals surface area contributed by atoms with E-state index in [0.717, 1.165) is 24.5 Å². The Balaban J connectivity index is 2.11. The minimum Gasteiger partial charge on any atom is -0.344 e. The number of halogens is 1. The zero-order chi connectivity index (χ0) is 12.1. The van der Waals surface area contributed by atoms with Crippen LogP contribution in [0.3, 0.4) is 0 Å². The van der Waals surface area contributed by atoms with Crippen LogP contribution >= 0.6 is 11.6 Å². The van der Waals surface area contributed by atoms with Crippen LogP contribution in [-0.2, 0) is 0 Å². The minimum absolute atomic E-state index is 0.478. The van der Waals surface area contributed by atoms with Crippen molar-refractivity contribution in [2.24, 2.45) is 4.99 Å². The molecule has 1 N–H and O–H groups in total. The number of nitriles is 1. The van der Waals surface area contributed by atoms with Gasteiger partial charge >= 0.3 is 0 Å². The first-order chi connectivity index (χ1) is 8.29. The van der Waals surface area contributed by atoms with Gasteiger partial charge in [-0.25, -0.2) is 0 Å². The van der Waals surface area contributed by atoms with E-state index >= 15 is 0 Å². The summed E-state index contributed by atoms with van der Waals surface area (Å²) in [6.07, 6.45) is 4.57. The maximum Gasteiger partial charge on any atom is 0.101 e. The van der Waals surface area contributed by atoms with E-state index in [-0.39, 0.29) is 0 Å². The zero-order valence-corrected chi connectivity index (χ0v) is 10.3. The van der Waals surface area contributed by atoms with Gasteiger partial charge in [-0.15, -0.1) is 0 Å². The van der Waals surface area contributed by atoms with Crippen molar-refractivity contribution in [3.63, 3.8) is 0 Å². The van der Waals surface area contributed by atoms with Crippen molar-refractivity contribution in [1.29, 1.82) is 5.26 Å². The maximum absolute atomic E-state index is 8.79. The van der Waals surface area contributed by atoms with Crippen LogP contribution in [0.1, 0.15) is 31.2 Å². The monoisotopic (exact) mass is 247 g/mol. The summed E-state index contributed by atoms with van der Waals surface area (Å²) in [7, 11) is 0. The van der Waals surface area contributed by atoms with E-state index in [2.05, 4.69) is 10.3 Å². The van der Waals surface area contributed by atoms with Gasteiger partial charge in [-0.05, 0) is 31.0 Å². The molecule has 0 atom stereocenters. The lowest BCUT2D eigenvalue weighted by Gasteiger charge is -2.08. The molecule has 0 amide bonds. The van der Waals surface area contributed by atoms with E-state index < -0.39 is 0 Å². The van der Waals surface area contributed by atoms with Crippen molar-refractivity contribution in [3.8, 4) is 6.07 Å². The smallest absolute Gasteiger partial charge is 0.101 e. The number of amidine groups is 1. The van der Waals surface area contributed by atoms with Gasteiger partial charge in [0.1, 0.15) is 11.9 Å². The number of anilines is 1. The number of benzene rings is 1. The Kier molecular flexibility index (Phi) is 4.00. The number of rotatable bonds is 1. The standard InChI is InChI=1S/C13H14ClN3/c14-12-8-11(6-5-10(12)9-15)17-13-4-2-1-3-7-16-13/h5-6,8H,1-4,7H2,(H,16,17). The highest BCUT2D eigenvalue weighted by molar-refractivity contribution is 6.32. The van der Waals surface area contributed by atoms with E-state index in [1.807, 2.05) is 12.1 Å². The Labute approximate surface area is 106 Å².